The fraction of sp³-hybridized carbons (Fsp3) is 0.476. The number of ether oxygens (including phenoxy) is 1. The molecule has 0 saturated carbocycles. The van der Waals surface area contributed by atoms with Crippen molar-refractivity contribution in [3.8, 4) is 5.75 Å². The van der Waals surface area contributed by atoms with Crippen LogP contribution in [-0.4, -0.2) is 41.9 Å². The lowest BCUT2D eigenvalue weighted by molar-refractivity contribution is -0.131. The maximum Gasteiger partial charge on any atom is 0.228 e. The zero-order valence-corrected chi connectivity index (χ0v) is 16.0. The number of hydrogen-bond donors (Lipinski definition) is 0. The third-order valence-corrected chi connectivity index (χ3v) is 6.09. The number of nitrogens with zero attached hydrogens (tertiary/aromatic N) is 2. The molecule has 4 rings (SSSR count). The van der Waals surface area contributed by atoms with E-state index in [9.17, 15) is 4.79 Å². The van der Waals surface area contributed by atoms with Crippen LogP contribution in [0.1, 0.15) is 35.3 Å². The van der Waals surface area contributed by atoms with Crippen LogP contribution >= 0.6 is 11.3 Å². The quantitative estimate of drug-likeness (QED) is 0.823. The van der Waals surface area contributed by atoms with E-state index in [1.54, 1.807) is 11.3 Å². The van der Waals surface area contributed by atoms with E-state index in [0.717, 1.165) is 22.7 Å². The van der Waals surface area contributed by atoms with Crippen LogP contribution in [0.5, 0.6) is 5.75 Å². The monoisotopic (exact) mass is 370 g/mol. The molecule has 4 nitrogen and oxygen atoms in total. The van der Waals surface area contributed by atoms with Crippen molar-refractivity contribution in [3.63, 3.8) is 0 Å². The molecule has 0 atom stereocenters. The molecule has 0 unspecified atom stereocenters. The van der Waals surface area contributed by atoms with E-state index in [1.807, 2.05) is 22.4 Å². The second-order valence-corrected chi connectivity index (χ2v) is 8.23. The number of rotatable bonds is 4. The first-order valence-corrected chi connectivity index (χ1v) is 10.4. The third kappa shape index (κ3) is 4.27. The number of thiophene rings is 1. The summed E-state index contributed by atoms with van der Waals surface area (Å²) in [4.78, 5) is 18.3. The molecule has 1 aromatic carbocycles. The molecule has 0 spiro atoms. The Hall–Kier alpha value is -1.85. The van der Waals surface area contributed by atoms with Crippen LogP contribution < -0.4 is 4.74 Å². The number of piperidine rings is 1. The highest BCUT2D eigenvalue weighted by atomic mass is 32.1. The van der Waals surface area contributed by atoms with Gasteiger partial charge in [-0.2, -0.15) is 0 Å². The van der Waals surface area contributed by atoms with Crippen LogP contribution in [-0.2, 0) is 24.3 Å². The van der Waals surface area contributed by atoms with Crippen LogP contribution in [0.4, 0.5) is 0 Å². The van der Waals surface area contributed by atoms with Gasteiger partial charge in [-0.15, -0.1) is 11.3 Å². The zero-order valence-electron chi connectivity index (χ0n) is 15.2. The number of carbonyl (C=O) groups excluding carboxylic acids is 1. The van der Waals surface area contributed by atoms with Gasteiger partial charge in [0.1, 0.15) is 12.4 Å². The zero-order chi connectivity index (χ0) is 17.8. The summed E-state index contributed by atoms with van der Waals surface area (Å²) in [6.45, 7) is 5.25. The van der Waals surface area contributed by atoms with Gasteiger partial charge in [0.25, 0.3) is 0 Å². The van der Waals surface area contributed by atoms with Crippen LogP contribution in [0.25, 0.3) is 0 Å². The molecule has 2 aliphatic heterocycles. The highest BCUT2D eigenvalue weighted by Crippen LogP contribution is 2.26. The largest absolute Gasteiger partial charge is 0.491 e. The minimum absolute atomic E-state index is 0.185. The summed E-state index contributed by atoms with van der Waals surface area (Å²) in [6, 6.07) is 10.5. The molecule has 2 aliphatic rings. The Labute approximate surface area is 159 Å². The Morgan fingerprint density at radius 3 is 2.81 bits per heavy atom. The van der Waals surface area contributed by atoms with Crippen molar-refractivity contribution in [1.29, 1.82) is 0 Å². The first-order chi connectivity index (χ1) is 12.8. The first-order valence-electron chi connectivity index (χ1n) is 9.55. The molecule has 1 saturated heterocycles. The summed E-state index contributed by atoms with van der Waals surface area (Å²) < 4.78 is 5.90. The summed E-state index contributed by atoms with van der Waals surface area (Å²) in [5, 5.41) is 2.02. The minimum Gasteiger partial charge on any atom is -0.491 e. The van der Waals surface area contributed by atoms with E-state index < -0.39 is 0 Å². The SMILES string of the molecule is O=C(Cc1cccs1)N1CCOc2ccc(CN3CCCCC3)cc2C1. The first kappa shape index (κ1) is 17.6. The normalized spacial score (nSPS) is 18.1. The van der Waals surface area contributed by atoms with Crippen LogP contribution in [0, 0.1) is 0 Å². The van der Waals surface area contributed by atoms with Crippen LogP contribution in [0.15, 0.2) is 35.7 Å². The van der Waals surface area contributed by atoms with Gasteiger partial charge in [0.15, 0.2) is 0 Å². The van der Waals surface area contributed by atoms with Crippen molar-refractivity contribution in [1.82, 2.24) is 9.80 Å². The minimum atomic E-state index is 0.185. The van der Waals surface area contributed by atoms with E-state index in [2.05, 4.69) is 23.1 Å². The Morgan fingerprint density at radius 1 is 1.12 bits per heavy atom. The molecule has 3 heterocycles. The molecule has 0 N–H and O–H groups in total. The van der Waals surface area contributed by atoms with E-state index in [1.165, 1.54) is 37.9 Å². The average molecular weight is 371 g/mol. The molecule has 2 aromatic rings. The maximum atomic E-state index is 12.7. The molecule has 1 amide bonds. The van der Waals surface area contributed by atoms with Gasteiger partial charge < -0.3 is 9.64 Å². The fourth-order valence-electron chi connectivity index (χ4n) is 3.81. The smallest absolute Gasteiger partial charge is 0.228 e. The van der Waals surface area contributed by atoms with Crippen molar-refractivity contribution >= 4 is 17.2 Å². The highest BCUT2D eigenvalue weighted by molar-refractivity contribution is 7.10. The van der Waals surface area contributed by atoms with Crippen molar-refractivity contribution in [2.45, 2.75) is 38.8 Å². The van der Waals surface area contributed by atoms with Gasteiger partial charge >= 0.3 is 0 Å². The van der Waals surface area contributed by atoms with Gasteiger partial charge in [-0.3, -0.25) is 9.69 Å². The summed E-state index contributed by atoms with van der Waals surface area (Å²) in [5.41, 5.74) is 2.46. The lowest BCUT2D eigenvalue weighted by Crippen LogP contribution is -2.33. The second-order valence-electron chi connectivity index (χ2n) is 7.20. The van der Waals surface area contributed by atoms with Crippen LogP contribution in [0.2, 0.25) is 0 Å². The van der Waals surface area contributed by atoms with Crippen molar-refractivity contribution in [2.24, 2.45) is 0 Å². The van der Waals surface area contributed by atoms with Gasteiger partial charge in [-0.25, -0.2) is 0 Å². The van der Waals surface area contributed by atoms with Crippen molar-refractivity contribution in [2.75, 3.05) is 26.2 Å². The summed E-state index contributed by atoms with van der Waals surface area (Å²) in [6.07, 6.45) is 4.45. The Kier molecular flexibility index (Phi) is 5.56. The summed E-state index contributed by atoms with van der Waals surface area (Å²) >= 11 is 1.64. The molecular formula is C21H26N2O2S. The molecule has 0 radical (unpaired) electrons. The number of carbonyl (C=O) groups is 1. The third-order valence-electron chi connectivity index (χ3n) is 5.22. The number of hydrogen-bond acceptors (Lipinski definition) is 4. The second kappa shape index (κ2) is 8.23. The number of benzene rings is 1. The van der Waals surface area contributed by atoms with Gasteiger partial charge in [0.2, 0.25) is 5.91 Å². The molecule has 1 fully saturated rings. The Morgan fingerprint density at radius 2 is 2.00 bits per heavy atom. The Bertz CT molecular complexity index is 738. The standard InChI is InChI=1S/C21H26N2O2S/c24-21(14-19-5-4-12-26-19)23-10-11-25-20-7-6-17(13-18(20)16-23)15-22-8-2-1-3-9-22/h4-7,12-13H,1-3,8-11,14-16H2. The maximum absolute atomic E-state index is 12.7. The number of fused-ring (bicyclic) bond motifs is 1. The predicted molar refractivity (Wildman–Crippen MR) is 105 cm³/mol. The van der Waals surface area contributed by atoms with Gasteiger partial charge in [-0.05, 0) is 55.1 Å². The molecule has 5 heteroatoms. The predicted octanol–water partition coefficient (Wildman–Crippen LogP) is 3.70. The van der Waals surface area contributed by atoms with E-state index in [-0.39, 0.29) is 5.91 Å². The van der Waals surface area contributed by atoms with E-state index >= 15 is 0 Å². The highest BCUT2D eigenvalue weighted by Gasteiger charge is 2.21. The molecule has 138 valence electrons. The number of likely N-dealkylation sites (tertiary alicyclic amines) is 1. The fourth-order valence-corrected chi connectivity index (χ4v) is 4.50. The van der Waals surface area contributed by atoms with Crippen LogP contribution in [0.3, 0.4) is 0 Å². The number of amides is 1. The molecular weight excluding hydrogens is 344 g/mol. The van der Waals surface area contributed by atoms with Gasteiger partial charge in [0, 0.05) is 23.5 Å². The summed E-state index contributed by atoms with van der Waals surface area (Å²) in [5.74, 6) is 1.11. The molecule has 0 aliphatic carbocycles. The van der Waals surface area contributed by atoms with Crippen molar-refractivity contribution < 1.29 is 9.53 Å². The molecule has 26 heavy (non-hydrogen) atoms. The van der Waals surface area contributed by atoms with Gasteiger partial charge in [0.05, 0.1) is 13.0 Å². The molecule has 1 aromatic heterocycles. The lowest BCUT2D eigenvalue weighted by atomic mass is 10.1. The van der Waals surface area contributed by atoms with Crippen molar-refractivity contribution in [3.05, 3.63) is 51.7 Å². The topological polar surface area (TPSA) is 32.8 Å². The lowest BCUT2D eigenvalue weighted by Gasteiger charge is -2.26. The molecule has 0 bridgehead atoms. The summed E-state index contributed by atoms with van der Waals surface area (Å²) in [7, 11) is 0. The average Bonchev–Trinajstić information content (AvgIpc) is 3.07. The van der Waals surface area contributed by atoms with E-state index in [4.69, 9.17) is 4.74 Å². The van der Waals surface area contributed by atoms with E-state index in [0.29, 0.717) is 26.1 Å². The Balaban J connectivity index is 1.45. The van der Waals surface area contributed by atoms with Gasteiger partial charge in [-0.1, -0.05) is 18.6 Å².